The van der Waals surface area contributed by atoms with Gasteiger partial charge in [0.15, 0.2) is 0 Å². The van der Waals surface area contributed by atoms with E-state index < -0.39 is 0 Å². The maximum Gasteiger partial charge on any atom is 0.224 e. The maximum absolute atomic E-state index is 13.7. The molecule has 0 unspecified atom stereocenters. The summed E-state index contributed by atoms with van der Waals surface area (Å²) in [6.45, 7) is 6.61. The standard InChI is InChI=1S/C21H23FN4/c1-14-8-9-15(2)19(12-14)25-20-13-16(3)24-21(26-20)23-11-10-17-6-4-5-7-18(17)22/h4-9,12-13H,10-11H2,1-3H3,(H2,23,24,25,26). The van der Waals surface area contributed by atoms with Crippen LogP contribution in [0.1, 0.15) is 22.4 Å². The number of aromatic nitrogens is 2. The first-order valence-electron chi connectivity index (χ1n) is 8.68. The topological polar surface area (TPSA) is 49.8 Å². The Labute approximate surface area is 153 Å². The Bertz CT molecular complexity index is 908. The van der Waals surface area contributed by atoms with Gasteiger partial charge in [0, 0.05) is 24.0 Å². The van der Waals surface area contributed by atoms with E-state index in [4.69, 9.17) is 0 Å². The molecular weight excluding hydrogens is 327 g/mol. The summed E-state index contributed by atoms with van der Waals surface area (Å²) >= 11 is 0. The van der Waals surface area contributed by atoms with E-state index in [0.717, 1.165) is 22.8 Å². The minimum atomic E-state index is -0.184. The summed E-state index contributed by atoms with van der Waals surface area (Å²) in [6.07, 6.45) is 0.573. The summed E-state index contributed by atoms with van der Waals surface area (Å²) in [6, 6.07) is 15.0. The van der Waals surface area contributed by atoms with Gasteiger partial charge in [-0.2, -0.15) is 4.98 Å². The molecule has 1 aromatic heterocycles. The lowest BCUT2D eigenvalue weighted by molar-refractivity contribution is 0.610. The molecule has 0 amide bonds. The zero-order valence-corrected chi connectivity index (χ0v) is 15.3. The largest absolute Gasteiger partial charge is 0.354 e. The lowest BCUT2D eigenvalue weighted by Gasteiger charge is -2.12. The quantitative estimate of drug-likeness (QED) is 0.661. The van der Waals surface area contributed by atoms with Crippen molar-refractivity contribution in [1.29, 1.82) is 0 Å². The Morgan fingerprint density at radius 2 is 1.77 bits per heavy atom. The Kier molecular flexibility index (Phi) is 5.46. The summed E-state index contributed by atoms with van der Waals surface area (Å²) in [7, 11) is 0. The fourth-order valence-electron chi connectivity index (χ4n) is 2.73. The number of benzene rings is 2. The van der Waals surface area contributed by atoms with Crippen LogP contribution in [0, 0.1) is 26.6 Å². The fraction of sp³-hybridized carbons (Fsp3) is 0.238. The van der Waals surface area contributed by atoms with Crippen LogP contribution in [0.25, 0.3) is 0 Å². The molecule has 0 atom stereocenters. The van der Waals surface area contributed by atoms with E-state index in [1.54, 1.807) is 12.1 Å². The van der Waals surface area contributed by atoms with Gasteiger partial charge in [0.05, 0.1) is 0 Å². The number of rotatable bonds is 6. The molecule has 0 spiro atoms. The molecule has 0 saturated carbocycles. The number of nitrogens with zero attached hydrogens (tertiary/aromatic N) is 2. The number of hydrogen-bond acceptors (Lipinski definition) is 4. The van der Waals surface area contributed by atoms with Crippen molar-refractivity contribution in [1.82, 2.24) is 9.97 Å². The lowest BCUT2D eigenvalue weighted by Crippen LogP contribution is -2.10. The van der Waals surface area contributed by atoms with Crippen molar-refractivity contribution in [3.63, 3.8) is 0 Å². The first-order chi connectivity index (χ1) is 12.5. The van der Waals surface area contributed by atoms with Crippen molar-refractivity contribution in [2.24, 2.45) is 0 Å². The van der Waals surface area contributed by atoms with Gasteiger partial charge in [-0.25, -0.2) is 9.37 Å². The summed E-state index contributed by atoms with van der Waals surface area (Å²) < 4.78 is 13.7. The van der Waals surface area contributed by atoms with E-state index in [0.29, 0.717) is 24.5 Å². The van der Waals surface area contributed by atoms with Gasteiger partial charge in [-0.15, -0.1) is 0 Å². The van der Waals surface area contributed by atoms with Crippen molar-refractivity contribution in [3.05, 3.63) is 76.7 Å². The van der Waals surface area contributed by atoms with Crippen molar-refractivity contribution in [2.45, 2.75) is 27.2 Å². The molecule has 3 aromatic rings. The van der Waals surface area contributed by atoms with E-state index in [1.165, 1.54) is 11.6 Å². The SMILES string of the molecule is Cc1ccc(C)c(Nc2cc(C)nc(NCCc3ccccc3F)n2)c1. The third-order valence-electron chi connectivity index (χ3n) is 4.15. The second kappa shape index (κ2) is 7.95. The minimum absolute atomic E-state index is 0.184. The molecule has 1 heterocycles. The van der Waals surface area contributed by atoms with E-state index in [2.05, 4.69) is 52.6 Å². The van der Waals surface area contributed by atoms with Crippen molar-refractivity contribution >= 4 is 17.5 Å². The monoisotopic (exact) mass is 350 g/mol. The van der Waals surface area contributed by atoms with Crippen LogP contribution >= 0.6 is 0 Å². The minimum Gasteiger partial charge on any atom is -0.354 e. The highest BCUT2D eigenvalue weighted by atomic mass is 19.1. The smallest absolute Gasteiger partial charge is 0.224 e. The Balaban J connectivity index is 1.69. The second-order valence-corrected chi connectivity index (χ2v) is 6.43. The highest BCUT2D eigenvalue weighted by Crippen LogP contribution is 2.21. The molecule has 0 aliphatic rings. The molecule has 0 aliphatic heterocycles. The van der Waals surface area contributed by atoms with Crippen LogP contribution in [0.5, 0.6) is 0 Å². The van der Waals surface area contributed by atoms with Gasteiger partial charge < -0.3 is 10.6 Å². The van der Waals surface area contributed by atoms with Crippen LogP contribution in [-0.4, -0.2) is 16.5 Å². The van der Waals surface area contributed by atoms with Gasteiger partial charge in [-0.3, -0.25) is 0 Å². The Morgan fingerprint density at radius 3 is 2.58 bits per heavy atom. The van der Waals surface area contributed by atoms with Gasteiger partial charge in [-0.05, 0) is 56.0 Å². The predicted octanol–water partition coefficient (Wildman–Crippen LogP) is 4.94. The molecule has 0 radical (unpaired) electrons. The predicted molar refractivity (Wildman–Crippen MR) is 105 cm³/mol. The van der Waals surface area contributed by atoms with Gasteiger partial charge >= 0.3 is 0 Å². The second-order valence-electron chi connectivity index (χ2n) is 6.43. The molecular formula is C21H23FN4. The molecule has 4 nitrogen and oxygen atoms in total. The molecule has 0 fully saturated rings. The van der Waals surface area contributed by atoms with E-state index in [1.807, 2.05) is 19.1 Å². The zero-order valence-electron chi connectivity index (χ0n) is 15.3. The van der Waals surface area contributed by atoms with Crippen LogP contribution < -0.4 is 10.6 Å². The average molecular weight is 350 g/mol. The van der Waals surface area contributed by atoms with E-state index in [9.17, 15) is 4.39 Å². The summed E-state index contributed by atoms with van der Waals surface area (Å²) in [4.78, 5) is 8.94. The van der Waals surface area contributed by atoms with Gasteiger partial charge in [0.25, 0.3) is 0 Å². The molecule has 0 aliphatic carbocycles. The van der Waals surface area contributed by atoms with Crippen LogP contribution in [0.4, 0.5) is 21.8 Å². The van der Waals surface area contributed by atoms with Gasteiger partial charge in [-0.1, -0.05) is 30.3 Å². The highest BCUT2D eigenvalue weighted by Gasteiger charge is 2.06. The first-order valence-corrected chi connectivity index (χ1v) is 8.68. The van der Waals surface area contributed by atoms with Crippen LogP contribution in [0.2, 0.25) is 0 Å². The van der Waals surface area contributed by atoms with E-state index >= 15 is 0 Å². The van der Waals surface area contributed by atoms with Crippen LogP contribution in [0.3, 0.4) is 0 Å². The molecule has 0 saturated heterocycles. The Morgan fingerprint density at radius 1 is 0.962 bits per heavy atom. The summed E-state index contributed by atoms with van der Waals surface area (Å²) in [5, 5.41) is 6.54. The molecule has 2 N–H and O–H groups in total. The van der Waals surface area contributed by atoms with E-state index in [-0.39, 0.29) is 5.82 Å². The molecule has 0 bridgehead atoms. The Hall–Kier alpha value is -2.95. The molecule has 5 heteroatoms. The number of halogens is 1. The van der Waals surface area contributed by atoms with Crippen molar-refractivity contribution in [2.75, 3.05) is 17.2 Å². The third kappa shape index (κ3) is 4.57. The van der Waals surface area contributed by atoms with Crippen LogP contribution in [0.15, 0.2) is 48.5 Å². The number of hydrogen-bond donors (Lipinski definition) is 2. The average Bonchev–Trinajstić information content (AvgIpc) is 2.59. The van der Waals surface area contributed by atoms with Crippen LogP contribution in [-0.2, 0) is 6.42 Å². The highest BCUT2D eigenvalue weighted by molar-refractivity contribution is 5.62. The lowest BCUT2D eigenvalue weighted by atomic mass is 10.1. The number of anilines is 3. The fourth-order valence-corrected chi connectivity index (χ4v) is 2.73. The maximum atomic E-state index is 13.7. The van der Waals surface area contributed by atoms with Crippen molar-refractivity contribution < 1.29 is 4.39 Å². The third-order valence-corrected chi connectivity index (χ3v) is 4.15. The molecule has 3 rings (SSSR count). The number of nitrogens with one attached hydrogen (secondary N) is 2. The zero-order chi connectivity index (χ0) is 18.5. The van der Waals surface area contributed by atoms with Gasteiger partial charge in [0.1, 0.15) is 11.6 Å². The number of aryl methyl sites for hydroxylation is 3. The first kappa shape index (κ1) is 17.9. The molecule has 26 heavy (non-hydrogen) atoms. The van der Waals surface area contributed by atoms with Crippen molar-refractivity contribution in [3.8, 4) is 0 Å². The van der Waals surface area contributed by atoms with Gasteiger partial charge in [0.2, 0.25) is 5.95 Å². The molecule has 2 aromatic carbocycles. The normalized spacial score (nSPS) is 10.6. The summed E-state index contributed by atoms with van der Waals surface area (Å²) in [5.74, 6) is 1.09. The summed E-state index contributed by atoms with van der Waals surface area (Å²) in [5.41, 5.74) is 4.91. The molecule has 134 valence electrons.